The topological polar surface area (TPSA) is 61.0 Å². The van der Waals surface area contributed by atoms with Crippen molar-refractivity contribution >= 4 is 11.6 Å². The van der Waals surface area contributed by atoms with Gasteiger partial charge in [0.1, 0.15) is 11.6 Å². The molecular formula is C22H23FN4O. The van der Waals surface area contributed by atoms with Crippen LogP contribution >= 0.6 is 0 Å². The summed E-state index contributed by atoms with van der Waals surface area (Å²) in [7, 11) is 0. The van der Waals surface area contributed by atoms with Crippen LogP contribution in [0.25, 0.3) is 11.1 Å². The highest BCUT2D eigenvalue weighted by Crippen LogP contribution is 2.25. The van der Waals surface area contributed by atoms with Crippen molar-refractivity contribution in [2.24, 2.45) is 0 Å². The van der Waals surface area contributed by atoms with Gasteiger partial charge in [0.2, 0.25) is 5.91 Å². The van der Waals surface area contributed by atoms with E-state index in [0.29, 0.717) is 6.54 Å². The molecule has 1 aromatic heterocycles. The van der Waals surface area contributed by atoms with Crippen molar-refractivity contribution in [2.45, 2.75) is 32.4 Å². The molecule has 0 bridgehead atoms. The lowest BCUT2D eigenvalue weighted by molar-refractivity contribution is -0.120. The van der Waals surface area contributed by atoms with Crippen LogP contribution in [0.2, 0.25) is 0 Å². The Hall–Kier alpha value is -2.99. The molecule has 0 spiro atoms. The van der Waals surface area contributed by atoms with E-state index >= 15 is 0 Å². The minimum absolute atomic E-state index is 0.00462. The molecule has 1 amide bonds. The average molecular weight is 378 g/mol. The number of rotatable bonds is 5. The van der Waals surface area contributed by atoms with E-state index in [1.165, 1.54) is 12.1 Å². The van der Waals surface area contributed by atoms with Gasteiger partial charge in [0.15, 0.2) is 0 Å². The number of hydrogen-bond acceptors (Lipinski definition) is 3. The number of amides is 1. The van der Waals surface area contributed by atoms with Gasteiger partial charge < -0.3 is 10.3 Å². The Balaban J connectivity index is 1.45. The molecule has 1 atom stereocenters. The third kappa shape index (κ3) is 4.12. The summed E-state index contributed by atoms with van der Waals surface area (Å²) in [4.78, 5) is 22.5. The number of carbonyl (C=O) groups excluding carboxylic acids is 1. The second kappa shape index (κ2) is 7.94. The minimum Gasteiger partial charge on any atom is -0.345 e. The van der Waals surface area contributed by atoms with Crippen LogP contribution < -0.4 is 5.32 Å². The number of likely N-dealkylation sites (tertiary alicyclic amines) is 1. The highest BCUT2D eigenvalue weighted by molar-refractivity contribution is 5.95. The van der Waals surface area contributed by atoms with Crippen LogP contribution in [0.15, 0.2) is 54.7 Å². The first-order valence-electron chi connectivity index (χ1n) is 9.50. The first-order chi connectivity index (χ1) is 13.6. The summed E-state index contributed by atoms with van der Waals surface area (Å²) < 4.78 is 13.2. The summed E-state index contributed by atoms with van der Waals surface area (Å²) in [6.45, 7) is 3.51. The molecule has 2 heterocycles. The van der Waals surface area contributed by atoms with Crippen molar-refractivity contribution in [1.29, 1.82) is 0 Å². The Bertz CT molecular complexity index is 967. The third-order valence-electron chi connectivity index (χ3n) is 5.10. The van der Waals surface area contributed by atoms with Crippen LogP contribution in [0.5, 0.6) is 0 Å². The van der Waals surface area contributed by atoms with Crippen molar-refractivity contribution in [3.05, 3.63) is 72.1 Å². The predicted molar refractivity (Wildman–Crippen MR) is 107 cm³/mol. The van der Waals surface area contributed by atoms with E-state index in [4.69, 9.17) is 0 Å². The van der Waals surface area contributed by atoms with E-state index in [0.717, 1.165) is 47.7 Å². The normalized spacial score (nSPS) is 17.0. The molecule has 5 nitrogen and oxygen atoms in total. The molecule has 3 aromatic rings. The van der Waals surface area contributed by atoms with E-state index in [2.05, 4.69) is 20.2 Å². The third-order valence-corrected chi connectivity index (χ3v) is 5.10. The second-order valence-corrected chi connectivity index (χ2v) is 7.20. The largest absolute Gasteiger partial charge is 0.345 e. The van der Waals surface area contributed by atoms with E-state index in [1.807, 2.05) is 37.4 Å². The zero-order valence-electron chi connectivity index (χ0n) is 15.8. The lowest BCUT2D eigenvalue weighted by Crippen LogP contribution is -2.39. The van der Waals surface area contributed by atoms with Crippen molar-refractivity contribution in [1.82, 2.24) is 14.9 Å². The number of carbonyl (C=O) groups is 1. The Morgan fingerprint density at radius 2 is 2.07 bits per heavy atom. The van der Waals surface area contributed by atoms with Crippen LogP contribution in [0.3, 0.4) is 0 Å². The maximum atomic E-state index is 13.2. The zero-order valence-corrected chi connectivity index (χ0v) is 15.8. The molecule has 4 rings (SSSR count). The molecular weight excluding hydrogens is 355 g/mol. The summed E-state index contributed by atoms with van der Waals surface area (Å²) in [5, 5.41) is 3.05. The molecule has 2 N–H and O–H groups in total. The Morgan fingerprint density at radius 3 is 2.82 bits per heavy atom. The summed E-state index contributed by atoms with van der Waals surface area (Å²) in [5.41, 5.74) is 3.62. The smallest absolute Gasteiger partial charge is 0.241 e. The highest BCUT2D eigenvalue weighted by Gasteiger charge is 2.31. The maximum absolute atomic E-state index is 13.2. The number of anilines is 1. The molecule has 2 aromatic carbocycles. The number of nitrogens with one attached hydrogen (secondary N) is 2. The molecule has 1 aliphatic rings. The number of nitrogens with zero attached hydrogens (tertiary/aromatic N) is 2. The fraction of sp³-hybridized carbons (Fsp3) is 0.273. The molecule has 28 heavy (non-hydrogen) atoms. The fourth-order valence-corrected chi connectivity index (χ4v) is 3.73. The van der Waals surface area contributed by atoms with Crippen molar-refractivity contribution in [2.75, 3.05) is 11.9 Å². The van der Waals surface area contributed by atoms with Crippen LogP contribution in [-0.4, -0.2) is 33.4 Å². The fourth-order valence-electron chi connectivity index (χ4n) is 3.73. The molecule has 0 aliphatic carbocycles. The zero-order chi connectivity index (χ0) is 19.5. The summed E-state index contributed by atoms with van der Waals surface area (Å²) in [5.74, 6) is 0.625. The van der Waals surface area contributed by atoms with Gasteiger partial charge in [0.05, 0.1) is 6.04 Å². The number of aromatic amines is 1. The monoisotopic (exact) mass is 378 g/mol. The van der Waals surface area contributed by atoms with Crippen molar-refractivity contribution in [3.63, 3.8) is 0 Å². The van der Waals surface area contributed by atoms with Crippen LogP contribution in [0, 0.1) is 12.7 Å². The van der Waals surface area contributed by atoms with Crippen LogP contribution in [-0.2, 0) is 11.3 Å². The molecule has 1 fully saturated rings. The highest BCUT2D eigenvalue weighted by atomic mass is 19.1. The van der Waals surface area contributed by atoms with E-state index in [-0.39, 0.29) is 17.8 Å². The van der Waals surface area contributed by atoms with Gasteiger partial charge in [0, 0.05) is 24.1 Å². The van der Waals surface area contributed by atoms with Gasteiger partial charge in [-0.25, -0.2) is 9.37 Å². The first kappa shape index (κ1) is 18.4. The van der Waals surface area contributed by atoms with Crippen LogP contribution in [0.1, 0.15) is 24.4 Å². The molecule has 0 saturated carbocycles. The molecule has 0 radical (unpaired) electrons. The Kier molecular flexibility index (Phi) is 5.21. The molecule has 1 saturated heterocycles. The standard InChI is InChI=1S/C22H23FN4O/c1-15-24-13-20(25-15)14-27-11-3-6-21(27)22(28)26-19-5-2-4-17(12-19)16-7-9-18(23)10-8-16/h2,4-5,7-10,12-13,21H,3,6,11,14H2,1H3,(H,24,25)(H,26,28). The number of hydrogen-bond donors (Lipinski definition) is 2. The summed E-state index contributed by atoms with van der Waals surface area (Å²) in [6, 6.07) is 13.8. The van der Waals surface area contributed by atoms with Gasteiger partial charge in [-0.1, -0.05) is 24.3 Å². The quantitative estimate of drug-likeness (QED) is 0.702. The number of aryl methyl sites for hydroxylation is 1. The van der Waals surface area contributed by atoms with Gasteiger partial charge in [-0.15, -0.1) is 0 Å². The number of H-pyrrole nitrogens is 1. The summed E-state index contributed by atoms with van der Waals surface area (Å²) >= 11 is 0. The summed E-state index contributed by atoms with van der Waals surface area (Å²) in [6.07, 6.45) is 3.67. The minimum atomic E-state index is -0.262. The van der Waals surface area contributed by atoms with Crippen molar-refractivity contribution in [3.8, 4) is 11.1 Å². The average Bonchev–Trinajstić information content (AvgIpc) is 3.32. The number of imidazole rings is 1. The molecule has 1 unspecified atom stereocenters. The van der Waals surface area contributed by atoms with E-state index < -0.39 is 0 Å². The lowest BCUT2D eigenvalue weighted by Gasteiger charge is -2.23. The number of benzene rings is 2. The molecule has 6 heteroatoms. The second-order valence-electron chi connectivity index (χ2n) is 7.20. The van der Waals surface area contributed by atoms with E-state index in [1.54, 1.807) is 12.1 Å². The number of halogens is 1. The van der Waals surface area contributed by atoms with Crippen LogP contribution in [0.4, 0.5) is 10.1 Å². The van der Waals surface area contributed by atoms with Gasteiger partial charge in [0.25, 0.3) is 0 Å². The SMILES string of the molecule is Cc1ncc(CN2CCCC2C(=O)Nc2cccc(-c3ccc(F)cc3)c2)[nH]1. The lowest BCUT2D eigenvalue weighted by atomic mass is 10.0. The number of aromatic nitrogens is 2. The maximum Gasteiger partial charge on any atom is 0.241 e. The van der Waals surface area contributed by atoms with Crippen molar-refractivity contribution < 1.29 is 9.18 Å². The predicted octanol–water partition coefficient (Wildman–Crippen LogP) is 4.13. The molecule has 144 valence electrons. The Labute approximate surface area is 163 Å². The Morgan fingerprint density at radius 1 is 1.25 bits per heavy atom. The van der Waals surface area contributed by atoms with Gasteiger partial charge in [-0.05, 0) is 61.7 Å². The van der Waals surface area contributed by atoms with Gasteiger partial charge >= 0.3 is 0 Å². The van der Waals surface area contributed by atoms with Gasteiger partial charge in [-0.3, -0.25) is 9.69 Å². The van der Waals surface area contributed by atoms with Gasteiger partial charge in [-0.2, -0.15) is 0 Å². The molecule has 1 aliphatic heterocycles. The first-order valence-corrected chi connectivity index (χ1v) is 9.50. The van der Waals surface area contributed by atoms with E-state index in [9.17, 15) is 9.18 Å².